The minimum atomic E-state index is -0.294. The number of hydrogen-bond donors (Lipinski definition) is 8. The van der Waals surface area contributed by atoms with E-state index in [1.54, 1.807) is 18.7 Å². The van der Waals surface area contributed by atoms with Crippen molar-refractivity contribution in [1.29, 1.82) is 0 Å². The second-order valence-electron chi connectivity index (χ2n) is 12.9. The van der Waals surface area contributed by atoms with Gasteiger partial charge in [0.25, 0.3) is 0 Å². The number of thiol groups is 1. The Balaban J connectivity index is -0.0000000345. The molecule has 0 aromatic rings. The molecule has 2 heterocycles. The van der Waals surface area contributed by atoms with Crippen LogP contribution in [0.3, 0.4) is 0 Å². The van der Waals surface area contributed by atoms with Crippen molar-refractivity contribution in [2.75, 3.05) is 31.9 Å². The third-order valence-electron chi connectivity index (χ3n) is 8.92. The first kappa shape index (κ1) is 62.7. The Labute approximate surface area is 407 Å². The summed E-state index contributed by atoms with van der Waals surface area (Å²) in [6, 6.07) is 0. The first-order valence-corrected chi connectivity index (χ1v) is 19.9. The van der Waals surface area contributed by atoms with Gasteiger partial charge in [-0.3, -0.25) is 9.59 Å². The van der Waals surface area contributed by atoms with E-state index in [4.69, 9.17) is 43.7 Å². The topological polar surface area (TPSA) is 247 Å². The van der Waals surface area contributed by atoms with Crippen LogP contribution in [-0.4, -0.2) is 86.7 Å². The van der Waals surface area contributed by atoms with E-state index in [1.807, 2.05) is 0 Å². The summed E-state index contributed by atoms with van der Waals surface area (Å²) in [7, 11) is 0. The number of fused-ring (bicyclic) bond motifs is 2. The van der Waals surface area contributed by atoms with Crippen molar-refractivity contribution in [2.45, 2.75) is 91.8 Å². The quantitative estimate of drug-likeness (QED) is 0.0234. The smallest absolute Gasteiger partial charge is 0.219 e. The lowest BCUT2D eigenvalue weighted by molar-refractivity contribution is -0.565. The minimum Gasteiger partial charge on any atom is -0.392 e. The summed E-state index contributed by atoms with van der Waals surface area (Å²) < 4.78 is 8.01. The fourth-order valence-electron chi connectivity index (χ4n) is 5.88. The first-order chi connectivity index (χ1) is 30.8. The van der Waals surface area contributed by atoms with Gasteiger partial charge in [0.05, 0.1) is 12.2 Å². The molecule has 20 heteroatoms. The molecule has 374 valence electrons. The number of rotatable bonds is 8. The highest BCUT2D eigenvalue weighted by Crippen LogP contribution is 2.64. The van der Waals surface area contributed by atoms with Gasteiger partial charge < -0.3 is 25.6 Å². The molecule has 0 spiro atoms. The van der Waals surface area contributed by atoms with Gasteiger partial charge in [-0.15, -0.1) is 31.4 Å². The van der Waals surface area contributed by atoms with Crippen LogP contribution in [0.4, 0.5) is 0 Å². The minimum absolute atomic E-state index is 0. The molecule has 4 fully saturated rings. The predicted octanol–water partition coefficient (Wildman–Crippen LogP) is 6.93. The Morgan fingerprint density at radius 1 is 0.891 bits per heavy atom. The number of ketones is 1. The van der Waals surface area contributed by atoms with Crippen molar-refractivity contribution in [2.24, 2.45) is 22.1 Å². The third kappa shape index (κ3) is 32.1. The van der Waals surface area contributed by atoms with Crippen molar-refractivity contribution in [3.05, 3.63) is 4.91 Å². The fourth-order valence-corrected chi connectivity index (χ4v) is 6.88. The molecule has 4 aliphatic rings. The Morgan fingerprint density at radius 3 is 1.75 bits per heavy atom. The summed E-state index contributed by atoms with van der Waals surface area (Å²) >= 11 is 4.11. The number of nitrogens with one attached hydrogen (secondary N) is 2. The number of likely N-dealkylation sites (tertiary alicyclic amines) is 1. The van der Waals surface area contributed by atoms with Gasteiger partial charge in [-0.1, -0.05) is 35.7 Å². The maximum Gasteiger partial charge on any atom is 0.219 e. The van der Waals surface area contributed by atoms with Gasteiger partial charge in [0.15, 0.2) is 5.34 Å². The van der Waals surface area contributed by atoms with E-state index in [0.717, 1.165) is 70.2 Å². The molecular formula is C44H82N4O14S2. The summed E-state index contributed by atoms with van der Waals surface area (Å²) in [5.74, 6) is 45.4. The summed E-state index contributed by atoms with van der Waals surface area (Å²) in [6.45, 7) is 12.5. The number of piperidine rings is 2. The summed E-state index contributed by atoms with van der Waals surface area (Å²) in [5.41, 5.74) is 1.29. The van der Waals surface area contributed by atoms with Gasteiger partial charge in [-0.05, 0) is 176 Å². The Bertz CT molecular complexity index is 2040. The van der Waals surface area contributed by atoms with E-state index in [1.165, 1.54) is 17.9 Å². The van der Waals surface area contributed by atoms with E-state index in [2.05, 4.69) is 167 Å². The lowest BCUT2D eigenvalue weighted by Gasteiger charge is -2.35. The van der Waals surface area contributed by atoms with Crippen LogP contribution in [0.5, 0.6) is 0 Å². The molecule has 2 saturated carbocycles. The molecule has 2 saturated heterocycles. The molecule has 0 aromatic heterocycles. The molecule has 1 amide bonds. The molecule has 2 aliphatic carbocycles. The van der Waals surface area contributed by atoms with Crippen molar-refractivity contribution in [3.8, 4) is 119 Å². The first-order valence-electron chi connectivity index (χ1n) is 18.7. The van der Waals surface area contributed by atoms with E-state index < -0.39 is 0 Å². The van der Waals surface area contributed by atoms with Crippen molar-refractivity contribution < 1.29 is 85.6 Å². The van der Waals surface area contributed by atoms with Crippen LogP contribution in [0.2, 0.25) is 0 Å². The molecule has 2 bridgehead atoms. The van der Waals surface area contributed by atoms with Gasteiger partial charge in [-0.2, -0.15) is 0 Å². The number of aliphatic hydroxyl groups excluding tert-OH is 2. The Morgan fingerprint density at radius 2 is 1.41 bits per heavy atom. The molecule has 0 radical (unpaired) electrons. The zero-order chi connectivity index (χ0) is 48.7. The van der Waals surface area contributed by atoms with Crippen LogP contribution in [0, 0.1) is 141 Å². The number of amides is 1. The molecule has 4 rings (SSSR count). The largest absolute Gasteiger partial charge is 0.392 e. The van der Waals surface area contributed by atoms with Gasteiger partial charge in [0.2, 0.25) is 5.91 Å². The van der Waals surface area contributed by atoms with E-state index in [-0.39, 0.29) is 50.3 Å². The molecule has 2 aliphatic heterocycles. The van der Waals surface area contributed by atoms with Crippen LogP contribution >= 0.6 is 25.0 Å². The molecule has 2 unspecified atom stereocenters. The molecule has 18 nitrogen and oxygen atoms in total. The molecule has 0 aromatic carbocycles. The van der Waals surface area contributed by atoms with Crippen LogP contribution in [0.25, 0.3) is 0 Å². The lowest BCUT2D eigenvalue weighted by atomic mass is 9.70. The molecule has 7 N–H and O–H groups in total. The average molecular weight is 955 g/mol. The number of aliphatic hydroxyl groups is 2. The van der Waals surface area contributed by atoms with Crippen molar-refractivity contribution >= 4 is 36.6 Å². The second-order valence-corrected chi connectivity index (χ2v) is 13.7. The summed E-state index contributed by atoms with van der Waals surface area (Å²) in [4.78, 5) is 39.7. The highest BCUT2D eigenvalue weighted by atomic mass is 32.2. The van der Waals surface area contributed by atoms with E-state index >= 15 is 0 Å². The maximum atomic E-state index is 12.0. The van der Waals surface area contributed by atoms with E-state index in [9.17, 15) is 9.59 Å². The predicted molar refractivity (Wildman–Crippen MR) is 271 cm³/mol. The molecule has 4 atom stereocenters. The standard InChI is InChI=1S/C15H4.C10H16O4S.C7H13NO2.C7H4.C5H11NO.H3NO5S.HNO2.15H2/c1-3-5-7-9-11-13-15-14-12-10-8-6-4-2;1-9(2)7-3-4-10(9,8(11)5-7)6-15-14-13-12;1-6(9)8-4-2-3-7(10)5-8;1-3-5-7-6-4-2;7-5-2-1-3-6-4-5;2-5-3-1-4-6-7;2-1-3;;;;;;;;;;;;;;;/h1H,2H3;7,12H,3-6H2,1-2H3;7,10H,2-5H2,1H3;1H,2H3;5-7H,1-4H2;1-2,7H;(H,2,3);15*1H/t;;7-;;5-;;;;;;;;;;;;;;;;;/m..1.1................./s1. The molecule has 64 heavy (non-hydrogen) atoms. The third-order valence-corrected chi connectivity index (χ3v) is 9.76. The number of terminal acetylenes is 2. The van der Waals surface area contributed by atoms with Crippen molar-refractivity contribution in [1.82, 2.24) is 15.9 Å². The van der Waals surface area contributed by atoms with E-state index in [0.29, 0.717) is 30.4 Å². The number of carbonyl (C=O) groups is 2. The fraction of sp³-hybridized carbons (Fsp3) is 0.500. The number of β-amino-alcohol motifs (C(OH)–C–C–N with tert-alkyl or cyclic N) is 2. The van der Waals surface area contributed by atoms with Gasteiger partial charge >= 0.3 is 0 Å². The summed E-state index contributed by atoms with van der Waals surface area (Å²) in [5, 5.41) is 50.9. The number of hydrogen-bond acceptors (Lipinski definition) is 18. The van der Waals surface area contributed by atoms with Crippen LogP contribution in [0.1, 0.15) is 101 Å². The Hall–Kier alpha value is -5.64. The normalized spacial score (nSPS) is 19.0. The average Bonchev–Trinajstić information content (AvgIpc) is 3.63. The zero-order valence-electron chi connectivity index (χ0n) is 36.0. The Kier molecular flexibility index (Phi) is 43.1. The monoisotopic (exact) mass is 955 g/mol. The summed E-state index contributed by atoms with van der Waals surface area (Å²) in [6.07, 6.45) is 15.9. The molecular weight excluding hydrogens is 873 g/mol. The highest BCUT2D eigenvalue weighted by Gasteiger charge is 2.64. The lowest BCUT2D eigenvalue weighted by Crippen LogP contribution is -2.40. The van der Waals surface area contributed by atoms with Gasteiger partial charge in [-0.25, -0.2) is 10.5 Å². The zero-order valence-corrected chi connectivity index (χ0v) is 37.7. The maximum absolute atomic E-state index is 12.0. The highest BCUT2D eigenvalue weighted by molar-refractivity contribution is 7.94. The van der Waals surface area contributed by atoms with Crippen molar-refractivity contribution in [3.63, 3.8) is 0 Å². The SMILES string of the molecule is C#CC#CC#CC.C#CC#CC#CC#CC#CC#CC#CC.CC(=O)N1CCC[C@@H](O)C1.CC1(C)C2CCC1(CSOOO)C(=O)C2.O=NO.OOONOOS.O[C@@H]1CCCNC1.[HH].[HH].[HH].[HH].[HH].[HH].[HH].[HH].[HH].[HH].[HH].[HH].[HH].[HH].[HH]. The number of nitrogens with zero attached hydrogens (tertiary/aromatic N) is 2. The number of carbonyl (C=O) groups excluding carboxylic acids is 2. The van der Waals surface area contributed by atoms with Crippen LogP contribution in [-0.2, 0) is 38.3 Å². The van der Waals surface area contributed by atoms with Crippen LogP contribution < -0.4 is 11.0 Å². The van der Waals surface area contributed by atoms with Gasteiger partial charge in [0.1, 0.15) is 5.78 Å². The van der Waals surface area contributed by atoms with Crippen LogP contribution in [0.15, 0.2) is 5.34 Å². The number of Topliss-reactive ketones (excluding diaryl/α,β-unsaturated/α-hetero) is 1. The van der Waals surface area contributed by atoms with Gasteiger partial charge in [0, 0.05) is 90.5 Å². The second kappa shape index (κ2) is 44.0.